The maximum absolute atomic E-state index is 11.6. The van der Waals surface area contributed by atoms with Crippen molar-refractivity contribution in [3.63, 3.8) is 0 Å². The largest absolute Gasteiger partial charge is 0.502 e. The fourth-order valence-corrected chi connectivity index (χ4v) is 5.07. The minimum Gasteiger partial charge on any atom is -0.502 e. The molecule has 1 saturated carbocycles. The van der Waals surface area contributed by atoms with Gasteiger partial charge in [0.2, 0.25) is 5.43 Å². The van der Waals surface area contributed by atoms with Gasteiger partial charge in [-0.2, -0.15) is 0 Å². The Balaban J connectivity index is 1.57. The van der Waals surface area contributed by atoms with Crippen LogP contribution in [0.2, 0.25) is 0 Å². The number of aromatic nitrogens is 3. The maximum Gasteiger partial charge on any atom is 0.226 e. The second-order valence-corrected chi connectivity index (χ2v) is 8.68. The molecular weight excluding hydrogens is 382 g/mol. The van der Waals surface area contributed by atoms with Crippen LogP contribution in [0.25, 0.3) is 0 Å². The zero-order chi connectivity index (χ0) is 18.6. The summed E-state index contributed by atoms with van der Waals surface area (Å²) in [7, 11) is 0. The normalized spacial score (nSPS) is 15.3. The summed E-state index contributed by atoms with van der Waals surface area (Å²) < 4.78 is 7.61. The molecule has 1 fully saturated rings. The molecule has 0 aromatic carbocycles. The number of thiophene rings is 1. The van der Waals surface area contributed by atoms with Crippen molar-refractivity contribution in [3.05, 3.63) is 56.5 Å². The van der Waals surface area contributed by atoms with Gasteiger partial charge in [0.25, 0.3) is 0 Å². The van der Waals surface area contributed by atoms with E-state index in [1.165, 1.54) is 42.0 Å². The van der Waals surface area contributed by atoms with E-state index in [0.29, 0.717) is 17.6 Å². The summed E-state index contributed by atoms with van der Waals surface area (Å²) in [5.74, 6) is 1.62. The molecule has 4 rings (SSSR count). The first-order valence-electron chi connectivity index (χ1n) is 9.10. The number of thioether (sulfide) groups is 1. The number of hydrogen-bond acceptors (Lipinski definition) is 7. The summed E-state index contributed by atoms with van der Waals surface area (Å²) in [5, 5.41) is 21.2. The van der Waals surface area contributed by atoms with Crippen molar-refractivity contribution in [1.29, 1.82) is 0 Å². The maximum atomic E-state index is 11.6. The van der Waals surface area contributed by atoms with Crippen LogP contribution in [0.5, 0.6) is 5.75 Å². The lowest BCUT2D eigenvalue weighted by atomic mass is 9.95. The Morgan fingerprint density at radius 2 is 2.15 bits per heavy atom. The molecular formula is C19H21N3O3S2. The van der Waals surface area contributed by atoms with Crippen LogP contribution < -0.4 is 5.43 Å². The van der Waals surface area contributed by atoms with Crippen LogP contribution in [0.4, 0.5) is 0 Å². The van der Waals surface area contributed by atoms with Crippen molar-refractivity contribution in [2.75, 3.05) is 0 Å². The second-order valence-electron chi connectivity index (χ2n) is 6.70. The Hall–Kier alpha value is -2.06. The molecule has 0 aliphatic heterocycles. The van der Waals surface area contributed by atoms with Crippen molar-refractivity contribution in [1.82, 2.24) is 14.8 Å². The van der Waals surface area contributed by atoms with Gasteiger partial charge in [-0.05, 0) is 24.3 Å². The highest BCUT2D eigenvalue weighted by Gasteiger charge is 2.23. The molecule has 1 aliphatic rings. The van der Waals surface area contributed by atoms with Crippen LogP contribution in [0.3, 0.4) is 0 Å². The summed E-state index contributed by atoms with van der Waals surface area (Å²) >= 11 is 3.25. The fraction of sp³-hybridized carbons (Fsp3) is 0.421. The molecule has 6 nitrogen and oxygen atoms in total. The Morgan fingerprint density at radius 1 is 1.30 bits per heavy atom. The number of nitrogens with zero attached hydrogens (tertiary/aromatic N) is 3. The minimum absolute atomic E-state index is 0.368. The van der Waals surface area contributed by atoms with Crippen molar-refractivity contribution >= 4 is 23.1 Å². The minimum atomic E-state index is -0.427. The van der Waals surface area contributed by atoms with E-state index in [0.717, 1.165) is 36.5 Å². The van der Waals surface area contributed by atoms with E-state index in [9.17, 15) is 9.90 Å². The molecule has 0 spiro atoms. The summed E-state index contributed by atoms with van der Waals surface area (Å²) in [6.45, 7) is 0. The number of hydrogen-bond donors (Lipinski definition) is 1. The standard InChI is InChI=1S/C19H21N3O3S2/c23-16-9-14(25-11-17(16)24)12-27-19-21-20-18(10-15-7-4-8-26-15)22(19)13-5-2-1-3-6-13/h4,7-9,11,13,24H,1-3,5-6,10,12H2. The lowest BCUT2D eigenvalue weighted by molar-refractivity contribution is 0.330. The molecule has 142 valence electrons. The zero-order valence-corrected chi connectivity index (χ0v) is 16.5. The lowest BCUT2D eigenvalue weighted by Crippen LogP contribution is -2.16. The van der Waals surface area contributed by atoms with E-state index in [4.69, 9.17) is 4.42 Å². The van der Waals surface area contributed by atoms with Crippen LogP contribution in [-0.4, -0.2) is 19.9 Å². The van der Waals surface area contributed by atoms with Gasteiger partial charge in [-0.3, -0.25) is 4.79 Å². The Labute approximate surface area is 165 Å². The quantitative estimate of drug-likeness (QED) is 0.615. The van der Waals surface area contributed by atoms with Crippen LogP contribution >= 0.6 is 23.1 Å². The summed E-state index contributed by atoms with van der Waals surface area (Å²) in [4.78, 5) is 12.9. The van der Waals surface area contributed by atoms with Gasteiger partial charge in [0.05, 0.1) is 5.75 Å². The van der Waals surface area contributed by atoms with Crippen LogP contribution in [0, 0.1) is 0 Å². The zero-order valence-electron chi connectivity index (χ0n) is 14.8. The van der Waals surface area contributed by atoms with Crippen LogP contribution in [0.15, 0.2) is 44.2 Å². The van der Waals surface area contributed by atoms with E-state index in [2.05, 4.69) is 32.3 Å². The first-order valence-corrected chi connectivity index (χ1v) is 11.0. The molecule has 0 bridgehead atoms. The Bertz CT molecular complexity index is 944. The average molecular weight is 404 g/mol. The molecule has 8 heteroatoms. The highest BCUT2D eigenvalue weighted by atomic mass is 32.2. The van der Waals surface area contributed by atoms with E-state index < -0.39 is 5.43 Å². The predicted molar refractivity (Wildman–Crippen MR) is 105 cm³/mol. The van der Waals surface area contributed by atoms with Gasteiger partial charge < -0.3 is 14.1 Å². The third-order valence-corrected chi connectivity index (χ3v) is 6.64. The fourth-order valence-electron chi connectivity index (χ4n) is 3.46. The molecule has 3 aromatic heterocycles. The molecule has 1 N–H and O–H groups in total. The van der Waals surface area contributed by atoms with Crippen molar-refractivity contribution in [3.8, 4) is 5.75 Å². The van der Waals surface area contributed by atoms with Crippen LogP contribution in [-0.2, 0) is 12.2 Å². The molecule has 27 heavy (non-hydrogen) atoms. The van der Waals surface area contributed by atoms with E-state index in [1.54, 1.807) is 11.3 Å². The summed E-state index contributed by atoms with van der Waals surface area (Å²) in [6, 6.07) is 5.95. The number of rotatable bonds is 6. The van der Waals surface area contributed by atoms with Gasteiger partial charge in [0.15, 0.2) is 10.9 Å². The molecule has 0 saturated heterocycles. The second kappa shape index (κ2) is 8.31. The van der Waals surface area contributed by atoms with Crippen molar-refractivity contribution in [2.24, 2.45) is 0 Å². The topological polar surface area (TPSA) is 81.2 Å². The SMILES string of the molecule is O=c1cc(CSc2nnc(Cc3cccs3)n2C2CCCCC2)occ1O. The molecule has 0 amide bonds. The molecule has 3 aromatic rings. The number of aromatic hydroxyl groups is 1. The van der Waals surface area contributed by atoms with Gasteiger partial charge >= 0.3 is 0 Å². The van der Waals surface area contributed by atoms with Gasteiger partial charge in [-0.15, -0.1) is 21.5 Å². The van der Waals surface area contributed by atoms with E-state index in [1.807, 2.05) is 0 Å². The monoisotopic (exact) mass is 403 g/mol. The summed E-state index contributed by atoms with van der Waals surface area (Å²) in [6.07, 6.45) is 7.94. The van der Waals surface area contributed by atoms with E-state index in [-0.39, 0.29) is 5.75 Å². The average Bonchev–Trinajstić information content (AvgIpc) is 3.34. The van der Waals surface area contributed by atoms with Crippen molar-refractivity contribution in [2.45, 2.75) is 55.5 Å². The van der Waals surface area contributed by atoms with Gasteiger partial charge in [-0.1, -0.05) is 37.1 Å². The predicted octanol–water partition coefficient (Wildman–Crippen LogP) is 4.39. The lowest BCUT2D eigenvalue weighted by Gasteiger charge is -2.25. The van der Waals surface area contributed by atoms with Gasteiger partial charge in [0, 0.05) is 23.4 Å². The third kappa shape index (κ3) is 4.27. The highest BCUT2D eigenvalue weighted by molar-refractivity contribution is 7.98. The third-order valence-electron chi connectivity index (χ3n) is 4.80. The first-order chi connectivity index (χ1) is 13.2. The molecule has 0 atom stereocenters. The van der Waals surface area contributed by atoms with Gasteiger partial charge in [0.1, 0.15) is 17.8 Å². The first kappa shape index (κ1) is 18.3. The smallest absolute Gasteiger partial charge is 0.226 e. The Morgan fingerprint density at radius 3 is 2.89 bits per heavy atom. The molecule has 3 heterocycles. The molecule has 1 aliphatic carbocycles. The van der Waals surface area contributed by atoms with Crippen molar-refractivity contribution < 1.29 is 9.52 Å². The Kier molecular flexibility index (Phi) is 5.63. The molecule has 0 unspecified atom stereocenters. The van der Waals surface area contributed by atoms with Crippen LogP contribution in [0.1, 0.15) is 54.6 Å². The summed E-state index contributed by atoms with van der Waals surface area (Å²) in [5.41, 5.74) is -0.427. The van der Waals surface area contributed by atoms with E-state index >= 15 is 0 Å². The van der Waals surface area contributed by atoms with Gasteiger partial charge in [-0.25, -0.2) is 0 Å². The highest BCUT2D eigenvalue weighted by Crippen LogP contribution is 2.34. The molecule has 0 radical (unpaired) electrons.